The normalized spacial score (nSPS) is 10.6. The fourth-order valence-electron chi connectivity index (χ4n) is 1.82. The van der Waals surface area contributed by atoms with Crippen molar-refractivity contribution in [3.05, 3.63) is 34.9 Å². The van der Waals surface area contributed by atoms with E-state index in [9.17, 15) is 0 Å². The second kappa shape index (κ2) is 9.07. The molecule has 0 nitrogen and oxygen atoms in total. The van der Waals surface area contributed by atoms with Gasteiger partial charge in [-0.15, -0.1) is 0 Å². The van der Waals surface area contributed by atoms with Gasteiger partial charge >= 0.3 is 0 Å². The molecule has 0 atom stereocenters. The van der Waals surface area contributed by atoms with E-state index in [1.165, 1.54) is 44.1 Å². The summed E-state index contributed by atoms with van der Waals surface area (Å²) in [5.41, 5.74) is 1.30. The van der Waals surface area contributed by atoms with Gasteiger partial charge in [0.05, 0.1) is 0 Å². The summed E-state index contributed by atoms with van der Waals surface area (Å²) in [5, 5.41) is 2.06. The summed E-state index contributed by atoms with van der Waals surface area (Å²) >= 11 is 9.56. The number of aryl methyl sites for hydroxylation is 1. The Morgan fingerprint density at radius 3 is 2.19 bits per heavy atom. The van der Waals surface area contributed by atoms with Crippen LogP contribution in [0.25, 0.3) is 0 Å². The van der Waals surface area contributed by atoms with E-state index in [1.54, 1.807) is 0 Å². The number of rotatable bonds is 8. The van der Waals surface area contributed by atoms with Gasteiger partial charge in [0.1, 0.15) is 0 Å². The minimum Gasteiger partial charge on any atom is -0.0928 e. The van der Waals surface area contributed by atoms with Crippen LogP contribution in [-0.4, -0.2) is 5.33 Å². The van der Waals surface area contributed by atoms with Crippen LogP contribution in [0.15, 0.2) is 24.3 Å². The predicted molar refractivity (Wildman–Crippen MR) is 76.7 cm³/mol. The average Bonchev–Trinajstić information content (AvgIpc) is 2.30. The van der Waals surface area contributed by atoms with Crippen LogP contribution in [0.5, 0.6) is 0 Å². The van der Waals surface area contributed by atoms with Gasteiger partial charge in [-0.2, -0.15) is 0 Å². The summed E-state index contributed by atoms with van der Waals surface area (Å²) in [6.07, 6.45) is 9.11. The molecule has 1 aromatic carbocycles. The third-order valence-electron chi connectivity index (χ3n) is 2.79. The molecule has 0 bridgehead atoms. The maximum Gasteiger partial charge on any atom is 0.0437 e. The SMILES string of the molecule is Clc1ccccc1CCCCCCCCBr. The molecule has 16 heavy (non-hydrogen) atoms. The van der Waals surface area contributed by atoms with Crippen LogP contribution < -0.4 is 0 Å². The van der Waals surface area contributed by atoms with E-state index in [4.69, 9.17) is 11.6 Å². The second-order valence-corrected chi connectivity index (χ2v) is 5.35. The van der Waals surface area contributed by atoms with Crippen LogP contribution in [0.4, 0.5) is 0 Å². The summed E-state index contributed by atoms with van der Waals surface area (Å²) in [7, 11) is 0. The number of hydrogen-bond donors (Lipinski definition) is 0. The first-order valence-corrected chi connectivity index (χ1v) is 7.64. The van der Waals surface area contributed by atoms with Gasteiger partial charge in [-0.3, -0.25) is 0 Å². The fourth-order valence-corrected chi connectivity index (χ4v) is 2.44. The number of halogens is 2. The van der Waals surface area contributed by atoms with Gasteiger partial charge in [-0.1, -0.05) is 71.4 Å². The zero-order valence-corrected chi connectivity index (χ0v) is 12.1. The molecule has 0 aromatic heterocycles. The molecule has 0 heterocycles. The maximum atomic E-state index is 6.10. The Bertz CT molecular complexity index is 286. The molecule has 0 fully saturated rings. The highest BCUT2D eigenvalue weighted by Gasteiger charge is 1.98. The molecule has 0 unspecified atom stereocenters. The Balaban J connectivity index is 2.05. The van der Waals surface area contributed by atoms with Gasteiger partial charge in [0, 0.05) is 10.4 Å². The molecule has 0 saturated carbocycles. The number of unbranched alkanes of at least 4 members (excludes halogenated alkanes) is 5. The van der Waals surface area contributed by atoms with E-state index in [0.29, 0.717) is 0 Å². The maximum absolute atomic E-state index is 6.10. The van der Waals surface area contributed by atoms with E-state index in [1.807, 2.05) is 12.1 Å². The first-order chi connectivity index (χ1) is 7.84. The van der Waals surface area contributed by atoms with E-state index in [0.717, 1.165) is 16.8 Å². The number of benzene rings is 1. The van der Waals surface area contributed by atoms with Gasteiger partial charge in [0.15, 0.2) is 0 Å². The van der Waals surface area contributed by atoms with Crippen molar-refractivity contribution in [2.24, 2.45) is 0 Å². The largest absolute Gasteiger partial charge is 0.0928 e. The van der Waals surface area contributed by atoms with Crippen LogP contribution in [0.3, 0.4) is 0 Å². The molecule has 0 saturated heterocycles. The first kappa shape index (κ1) is 14.1. The van der Waals surface area contributed by atoms with Crippen molar-refractivity contribution < 1.29 is 0 Å². The van der Waals surface area contributed by atoms with E-state index in [-0.39, 0.29) is 0 Å². The zero-order chi connectivity index (χ0) is 11.6. The van der Waals surface area contributed by atoms with Gasteiger partial charge in [-0.05, 0) is 30.9 Å². The summed E-state index contributed by atoms with van der Waals surface area (Å²) in [6.45, 7) is 0. The minimum atomic E-state index is 0.918. The van der Waals surface area contributed by atoms with Gasteiger partial charge < -0.3 is 0 Å². The monoisotopic (exact) mass is 302 g/mol. The standard InChI is InChI=1S/C14H20BrCl/c15-12-8-4-2-1-3-5-9-13-10-6-7-11-14(13)16/h6-7,10-11H,1-5,8-9,12H2. The van der Waals surface area contributed by atoms with Crippen molar-refractivity contribution in [2.75, 3.05) is 5.33 Å². The van der Waals surface area contributed by atoms with Crippen LogP contribution in [0, 0.1) is 0 Å². The molecule has 0 aliphatic rings. The Kier molecular flexibility index (Phi) is 7.96. The van der Waals surface area contributed by atoms with Crippen molar-refractivity contribution in [1.29, 1.82) is 0 Å². The van der Waals surface area contributed by atoms with Crippen molar-refractivity contribution in [2.45, 2.75) is 44.9 Å². The van der Waals surface area contributed by atoms with Crippen LogP contribution in [0.2, 0.25) is 5.02 Å². The summed E-state index contributed by atoms with van der Waals surface area (Å²) in [6, 6.07) is 8.17. The topological polar surface area (TPSA) is 0 Å². The van der Waals surface area contributed by atoms with Crippen LogP contribution >= 0.6 is 27.5 Å². The third kappa shape index (κ3) is 5.91. The molecule has 0 N–H and O–H groups in total. The third-order valence-corrected chi connectivity index (χ3v) is 3.72. The van der Waals surface area contributed by atoms with Crippen molar-refractivity contribution in [3.8, 4) is 0 Å². The molecule has 0 radical (unpaired) electrons. The number of hydrogen-bond acceptors (Lipinski definition) is 0. The van der Waals surface area contributed by atoms with Crippen molar-refractivity contribution >= 4 is 27.5 Å². The highest BCUT2D eigenvalue weighted by atomic mass is 79.9. The molecule has 90 valence electrons. The summed E-state index contributed by atoms with van der Waals surface area (Å²) in [4.78, 5) is 0. The highest BCUT2D eigenvalue weighted by Crippen LogP contribution is 2.18. The Labute approximate surface area is 113 Å². The van der Waals surface area contributed by atoms with Gasteiger partial charge in [0.2, 0.25) is 0 Å². The molecular weight excluding hydrogens is 284 g/mol. The summed E-state index contributed by atoms with van der Waals surface area (Å²) < 4.78 is 0. The molecule has 0 aliphatic heterocycles. The van der Waals surface area contributed by atoms with E-state index in [2.05, 4.69) is 28.1 Å². The van der Waals surface area contributed by atoms with Crippen LogP contribution in [-0.2, 0) is 6.42 Å². The quantitative estimate of drug-likeness (QED) is 0.432. The summed E-state index contributed by atoms with van der Waals surface area (Å²) in [5.74, 6) is 0. The van der Waals surface area contributed by atoms with Crippen molar-refractivity contribution in [1.82, 2.24) is 0 Å². The molecule has 0 spiro atoms. The lowest BCUT2D eigenvalue weighted by Gasteiger charge is -2.03. The van der Waals surface area contributed by atoms with E-state index >= 15 is 0 Å². The average molecular weight is 304 g/mol. The molecule has 1 rings (SSSR count). The highest BCUT2D eigenvalue weighted by molar-refractivity contribution is 9.09. The zero-order valence-electron chi connectivity index (χ0n) is 9.72. The molecular formula is C14H20BrCl. The Hall–Kier alpha value is -0.0100. The fraction of sp³-hybridized carbons (Fsp3) is 0.571. The first-order valence-electron chi connectivity index (χ1n) is 6.14. The second-order valence-electron chi connectivity index (χ2n) is 4.15. The molecule has 0 amide bonds. The Morgan fingerprint density at radius 1 is 0.875 bits per heavy atom. The van der Waals surface area contributed by atoms with Gasteiger partial charge in [0.25, 0.3) is 0 Å². The number of alkyl halides is 1. The van der Waals surface area contributed by atoms with E-state index < -0.39 is 0 Å². The minimum absolute atomic E-state index is 0.918. The van der Waals surface area contributed by atoms with Crippen molar-refractivity contribution in [3.63, 3.8) is 0 Å². The lowest BCUT2D eigenvalue weighted by atomic mass is 10.1. The van der Waals surface area contributed by atoms with Crippen LogP contribution in [0.1, 0.15) is 44.1 Å². The lowest BCUT2D eigenvalue weighted by Crippen LogP contribution is -1.87. The Morgan fingerprint density at radius 2 is 1.50 bits per heavy atom. The smallest absolute Gasteiger partial charge is 0.0437 e. The van der Waals surface area contributed by atoms with Gasteiger partial charge in [-0.25, -0.2) is 0 Å². The molecule has 2 heteroatoms. The lowest BCUT2D eigenvalue weighted by molar-refractivity contribution is 0.610. The molecule has 0 aliphatic carbocycles. The molecule has 1 aromatic rings. The predicted octanol–water partition coefficient (Wildman–Crippen LogP) is 5.62.